The third-order valence-electron chi connectivity index (χ3n) is 17.8. The topological polar surface area (TPSA) is 134 Å². The van der Waals surface area contributed by atoms with Crippen molar-refractivity contribution in [3.63, 3.8) is 0 Å². The molecule has 0 heterocycles. The van der Waals surface area contributed by atoms with Crippen molar-refractivity contribution in [1.82, 2.24) is 0 Å². The first-order valence-electron chi connectivity index (χ1n) is 40.1. The molecule has 10 heteroatoms. The second kappa shape index (κ2) is 78.2. The van der Waals surface area contributed by atoms with Crippen molar-refractivity contribution in [2.75, 3.05) is 26.4 Å². The highest BCUT2D eigenvalue weighted by Crippen LogP contribution is 2.43. The molecule has 0 saturated heterocycles. The van der Waals surface area contributed by atoms with Crippen LogP contribution in [-0.4, -0.2) is 49.3 Å². The van der Waals surface area contributed by atoms with E-state index in [1.165, 1.54) is 289 Å². The summed E-state index contributed by atoms with van der Waals surface area (Å²) in [6, 6.07) is 0. The summed E-state index contributed by atoms with van der Waals surface area (Å²) in [5.74, 6) is -0.809. The molecule has 93 heavy (non-hydrogen) atoms. The molecular formula is C83H152NO8P. The highest BCUT2D eigenvalue weighted by atomic mass is 31.2. The van der Waals surface area contributed by atoms with Crippen LogP contribution in [0.2, 0.25) is 0 Å². The minimum atomic E-state index is -4.40. The summed E-state index contributed by atoms with van der Waals surface area (Å²) in [5, 5.41) is 0. The van der Waals surface area contributed by atoms with Gasteiger partial charge in [0.2, 0.25) is 0 Å². The summed E-state index contributed by atoms with van der Waals surface area (Å²) in [6.45, 7) is 3.69. The number of rotatable bonds is 76. The molecule has 0 aliphatic carbocycles. The van der Waals surface area contributed by atoms with Crippen LogP contribution in [0.3, 0.4) is 0 Å². The Kier molecular flexibility index (Phi) is 75.8. The maximum Gasteiger partial charge on any atom is 0.472 e. The van der Waals surface area contributed by atoms with Crippen LogP contribution in [0.15, 0.2) is 85.1 Å². The largest absolute Gasteiger partial charge is 0.472 e. The molecule has 0 rings (SSSR count). The van der Waals surface area contributed by atoms with Crippen LogP contribution in [0.25, 0.3) is 0 Å². The number of hydrogen-bond donors (Lipinski definition) is 2. The molecule has 0 spiro atoms. The number of hydrogen-bond acceptors (Lipinski definition) is 8. The summed E-state index contributed by atoms with van der Waals surface area (Å²) >= 11 is 0. The molecule has 0 bridgehead atoms. The Morgan fingerprint density at radius 3 is 0.892 bits per heavy atom. The predicted octanol–water partition coefficient (Wildman–Crippen LogP) is 26.9. The highest BCUT2D eigenvalue weighted by molar-refractivity contribution is 7.47. The van der Waals surface area contributed by atoms with E-state index in [9.17, 15) is 19.0 Å². The van der Waals surface area contributed by atoms with Crippen LogP contribution in [0.4, 0.5) is 0 Å². The molecule has 0 aromatic rings. The second-order valence-corrected chi connectivity index (χ2v) is 28.4. The zero-order valence-electron chi connectivity index (χ0n) is 61.2. The van der Waals surface area contributed by atoms with Gasteiger partial charge in [-0.05, 0) is 89.9 Å². The average molecular weight is 1320 g/mol. The standard InChI is InChI=1S/C83H152NO8P/c1-3-5-7-9-11-13-15-17-19-21-23-25-27-29-31-33-35-37-39-40-42-43-45-47-49-51-53-55-57-59-61-63-65-67-69-71-73-75-82(85)89-79-81(80-91-93(87,88)90-78-77-84)92-83(86)76-74-72-70-68-66-64-62-60-58-56-54-52-50-48-46-44-41-38-36-34-32-30-28-26-24-22-20-18-16-14-12-10-8-6-4-2/h6,8,12,14,18,20-21,23-24,26,30,32,36,38,81H,3-5,7,9-11,13,15-17,19,22,25,27-29,31,33-35,37,39-80,84H2,1-2H3,(H,87,88)/b8-6-,14-12-,20-18-,23-21-,26-24-,32-30-,38-36-. The lowest BCUT2D eigenvalue weighted by Gasteiger charge is -2.19. The van der Waals surface area contributed by atoms with Gasteiger partial charge >= 0.3 is 19.8 Å². The number of esters is 2. The molecule has 0 radical (unpaired) electrons. The third kappa shape index (κ3) is 78.1. The van der Waals surface area contributed by atoms with E-state index in [4.69, 9.17) is 24.3 Å². The fraction of sp³-hybridized carbons (Fsp3) is 0.807. The van der Waals surface area contributed by atoms with Crippen molar-refractivity contribution in [1.29, 1.82) is 0 Å². The van der Waals surface area contributed by atoms with Gasteiger partial charge in [-0.15, -0.1) is 0 Å². The lowest BCUT2D eigenvalue weighted by Crippen LogP contribution is -2.29. The molecule has 9 nitrogen and oxygen atoms in total. The lowest BCUT2D eigenvalue weighted by atomic mass is 10.0. The van der Waals surface area contributed by atoms with Crippen LogP contribution in [0.5, 0.6) is 0 Å². The predicted molar refractivity (Wildman–Crippen MR) is 404 cm³/mol. The Balaban J connectivity index is 3.78. The second-order valence-electron chi connectivity index (χ2n) is 26.9. The third-order valence-corrected chi connectivity index (χ3v) is 18.7. The molecule has 0 aliphatic rings. The Morgan fingerprint density at radius 2 is 0.591 bits per heavy atom. The SMILES string of the molecule is CC/C=C\C/C=C\C/C=C\C/C=C\C/C=C\C/C=C\CCCCCCCCCCCCCCCCCCC(=O)OC(COC(=O)CCCCCCCCCCCCCCCCCCCCCCCCCCC/C=C\CCCCCCCCCC)COP(=O)(O)OCCN. The molecule has 3 N–H and O–H groups in total. The van der Waals surface area contributed by atoms with Gasteiger partial charge in [-0.25, -0.2) is 4.57 Å². The fourth-order valence-corrected chi connectivity index (χ4v) is 12.6. The maximum absolute atomic E-state index is 12.8. The van der Waals surface area contributed by atoms with E-state index in [1.54, 1.807) is 0 Å². The molecule has 2 atom stereocenters. The Labute approximate surface area is 576 Å². The van der Waals surface area contributed by atoms with Gasteiger partial charge in [0, 0.05) is 19.4 Å². The summed E-state index contributed by atoms with van der Waals surface area (Å²) in [5.41, 5.74) is 5.42. The van der Waals surface area contributed by atoms with Gasteiger partial charge < -0.3 is 20.1 Å². The zero-order valence-corrected chi connectivity index (χ0v) is 62.1. The Morgan fingerprint density at radius 1 is 0.333 bits per heavy atom. The number of carbonyl (C=O) groups excluding carboxylic acids is 2. The molecule has 0 aromatic carbocycles. The van der Waals surface area contributed by atoms with E-state index in [0.717, 1.165) is 77.0 Å². The molecule has 0 aromatic heterocycles. The van der Waals surface area contributed by atoms with Crippen molar-refractivity contribution < 1.29 is 37.6 Å². The number of nitrogens with two attached hydrogens (primary N) is 1. The summed E-state index contributed by atoms with van der Waals surface area (Å²) in [7, 11) is -4.40. The summed E-state index contributed by atoms with van der Waals surface area (Å²) in [4.78, 5) is 35.5. The van der Waals surface area contributed by atoms with Crippen molar-refractivity contribution in [2.45, 2.75) is 405 Å². The maximum atomic E-state index is 12.8. The van der Waals surface area contributed by atoms with Crippen LogP contribution in [0.1, 0.15) is 399 Å². The van der Waals surface area contributed by atoms with Gasteiger partial charge in [-0.3, -0.25) is 18.6 Å². The van der Waals surface area contributed by atoms with Crippen molar-refractivity contribution >= 4 is 19.8 Å². The Bertz CT molecular complexity index is 1810. The highest BCUT2D eigenvalue weighted by Gasteiger charge is 2.26. The molecule has 2 unspecified atom stereocenters. The van der Waals surface area contributed by atoms with E-state index in [1.807, 2.05) is 0 Å². The number of carbonyl (C=O) groups is 2. The van der Waals surface area contributed by atoms with E-state index in [0.29, 0.717) is 6.42 Å². The summed E-state index contributed by atoms with van der Waals surface area (Å²) < 4.78 is 33.3. The molecule has 0 fully saturated rings. The van der Waals surface area contributed by atoms with E-state index >= 15 is 0 Å². The van der Waals surface area contributed by atoms with Gasteiger partial charge in [0.15, 0.2) is 6.10 Å². The van der Waals surface area contributed by atoms with Gasteiger partial charge in [0.25, 0.3) is 0 Å². The molecule has 0 aliphatic heterocycles. The van der Waals surface area contributed by atoms with Crippen molar-refractivity contribution in [3.05, 3.63) is 85.1 Å². The van der Waals surface area contributed by atoms with Gasteiger partial charge in [0.1, 0.15) is 6.61 Å². The Hall–Kier alpha value is -2.81. The van der Waals surface area contributed by atoms with E-state index in [2.05, 4.69) is 98.9 Å². The van der Waals surface area contributed by atoms with Gasteiger partial charge in [-0.1, -0.05) is 381 Å². The van der Waals surface area contributed by atoms with Gasteiger partial charge in [-0.2, -0.15) is 0 Å². The van der Waals surface area contributed by atoms with Crippen molar-refractivity contribution in [2.24, 2.45) is 5.73 Å². The summed E-state index contributed by atoms with van der Waals surface area (Å²) in [6.07, 6.45) is 106. The number of phosphoric acid groups is 1. The first-order chi connectivity index (χ1) is 45.8. The normalized spacial score (nSPS) is 13.3. The average Bonchev–Trinajstić information content (AvgIpc) is 3.70. The first kappa shape index (κ1) is 90.2. The minimum absolute atomic E-state index is 0.0534. The van der Waals surface area contributed by atoms with Crippen LogP contribution in [-0.2, 0) is 32.7 Å². The number of phosphoric ester groups is 1. The molecule has 0 saturated carbocycles. The van der Waals surface area contributed by atoms with Gasteiger partial charge in [0.05, 0.1) is 13.2 Å². The molecular weight excluding hydrogens is 1170 g/mol. The van der Waals surface area contributed by atoms with Crippen molar-refractivity contribution in [3.8, 4) is 0 Å². The monoisotopic (exact) mass is 1320 g/mol. The van der Waals surface area contributed by atoms with Crippen LogP contribution in [0, 0.1) is 0 Å². The zero-order chi connectivity index (χ0) is 67.2. The van der Waals surface area contributed by atoms with E-state index < -0.39 is 26.5 Å². The minimum Gasteiger partial charge on any atom is -0.462 e. The van der Waals surface area contributed by atoms with Crippen LogP contribution < -0.4 is 5.73 Å². The number of allylic oxidation sites excluding steroid dienone is 14. The quantitative estimate of drug-likeness (QED) is 0.0264. The molecule has 0 amide bonds. The van der Waals surface area contributed by atoms with Crippen LogP contribution >= 0.6 is 7.82 Å². The fourth-order valence-electron chi connectivity index (χ4n) is 11.9. The first-order valence-corrected chi connectivity index (χ1v) is 41.6. The number of ether oxygens (including phenoxy) is 2. The lowest BCUT2D eigenvalue weighted by molar-refractivity contribution is -0.161. The molecule has 542 valence electrons. The van der Waals surface area contributed by atoms with E-state index in [-0.39, 0.29) is 38.6 Å². The smallest absolute Gasteiger partial charge is 0.462 e. The number of unbranched alkanes of at least 4 members (excludes halogenated alkanes) is 49.